The summed E-state index contributed by atoms with van der Waals surface area (Å²) < 4.78 is 13.2. The van der Waals surface area contributed by atoms with Crippen molar-refractivity contribution < 1.29 is 4.39 Å². The molecule has 0 aromatic heterocycles. The molecule has 1 atom stereocenters. The highest BCUT2D eigenvalue weighted by Crippen LogP contribution is 2.21. The van der Waals surface area contributed by atoms with Gasteiger partial charge in [-0.25, -0.2) is 4.39 Å². The average Bonchev–Trinajstić information content (AvgIpc) is 2.41. The van der Waals surface area contributed by atoms with E-state index in [2.05, 4.69) is 24.1 Å². The predicted molar refractivity (Wildman–Crippen MR) is 82.3 cm³/mol. The van der Waals surface area contributed by atoms with E-state index in [0.29, 0.717) is 12.1 Å². The maximum absolute atomic E-state index is 13.2. The summed E-state index contributed by atoms with van der Waals surface area (Å²) >= 11 is 0. The number of aryl methyl sites for hydroxylation is 1. The normalized spacial score (nSPS) is 20.6. The zero-order valence-electron chi connectivity index (χ0n) is 13.0. The minimum Gasteiger partial charge on any atom is -0.313 e. The lowest BCUT2D eigenvalue weighted by atomic mass is 9.99. The summed E-state index contributed by atoms with van der Waals surface area (Å²) in [5.74, 6) is -0.136. The summed E-state index contributed by atoms with van der Waals surface area (Å²) in [5, 5.41) is 3.55. The Morgan fingerprint density at radius 1 is 1.35 bits per heavy atom. The monoisotopic (exact) mass is 278 g/mol. The molecule has 112 valence electrons. The van der Waals surface area contributed by atoms with Crippen molar-refractivity contribution in [3.05, 3.63) is 35.1 Å². The van der Waals surface area contributed by atoms with E-state index >= 15 is 0 Å². The summed E-state index contributed by atoms with van der Waals surface area (Å²) in [6.07, 6.45) is 3.86. The van der Waals surface area contributed by atoms with E-state index in [0.717, 1.165) is 25.2 Å². The van der Waals surface area contributed by atoms with Gasteiger partial charge in [-0.15, -0.1) is 0 Å². The highest BCUT2D eigenvalue weighted by atomic mass is 19.1. The summed E-state index contributed by atoms with van der Waals surface area (Å²) in [7, 11) is 0. The first kappa shape index (κ1) is 15.5. The molecule has 1 N–H and O–H groups in total. The second-order valence-corrected chi connectivity index (χ2v) is 6.25. The molecule has 0 aliphatic carbocycles. The third-order valence-electron chi connectivity index (χ3n) is 4.19. The molecule has 0 radical (unpaired) electrons. The second-order valence-electron chi connectivity index (χ2n) is 6.25. The average molecular weight is 278 g/mol. The van der Waals surface area contributed by atoms with Crippen molar-refractivity contribution in [2.75, 3.05) is 13.1 Å². The summed E-state index contributed by atoms with van der Waals surface area (Å²) in [5.41, 5.74) is 2.31. The molecule has 1 heterocycles. The minimum atomic E-state index is -0.136. The lowest BCUT2D eigenvalue weighted by Gasteiger charge is -2.36. The number of piperidine rings is 1. The van der Waals surface area contributed by atoms with Crippen molar-refractivity contribution in [2.45, 2.75) is 58.7 Å². The van der Waals surface area contributed by atoms with E-state index in [-0.39, 0.29) is 5.82 Å². The second kappa shape index (κ2) is 7.19. The van der Waals surface area contributed by atoms with Crippen molar-refractivity contribution in [2.24, 2.45) is 0 Å². The number of rotatable bonds is 5. The van der Waals surface area contributed by atoms with Gasteiger partial charge < -0.3 is 5.32 Å². The Balaban J connectivity index is 2.00. The lowest BCUT2D eigenvalue weighted by molar-refractivity contribution is 0.135. The van der Waals surface area contributed by atoms with Gasteiger partial charge in [0.2, 0.25) is 0 Å². The molecule has 0 bridgehead atoms. The predicted octanol–water partition coefficient (Wildman–Crippen LogP) is 3.49. The van der Waals surface area contributed by atoms with Crippen LogP contribution in [-0.4, -0.2) is 30.1 Å². The maximum atomic E-state index is 13.2. The van der Waals surface area contributed by atoms with E-state index in [1.807, 2.05) is 13.0 Å². The quantitative estimate of drug-likeness (QED) is 0.887. The van der Waals surface area contributed by atoms with Crippen molar-refractivity contribution in [3.63, 3.8) is 0 Å². The standard InChI is InChI=1S/C17H27FN2/c1-13(2)19-11-17-6-4-5-9-20(17)12-15-7-8-16(18)10-14(15)3/h7-8,10,13,17,19H,4-6,9,11-12H2,1-3H3. The molecule has 2 nitrogen and oxygen atoms in total. The van der Waals surface area contributed by atoms with E-state index in [9.17, 15) is 4.39 Å². The van der Waals surface area contributed by atoms with Crippen LogP contribution in [0.2, 0.25) is 0 Å². The Kier molecular flexibility index (Phi) is 5.55. The largest absolute Gasteiger partial charge is 0.313 e. The molecular weight excluding hydrogens is 251 g/mol. The van der Waals surface area contributed by atoms with Gasteiger partial charge in [-0.3, -0.25) is 4.90 Å². The maximum Gasteiger partial charge on any atom is 0.123 e. The third-order valence-corrected chi connectivity index (χ3v) is 4.19. The van der Waals surface area contributed by atoms with Gasteiger partial charge in [0.15, 0.2) is 0 Å². The van der Waals surface area contributed by atoms with Gasteiger partial charge in [0.25, 0.3) is 0 Å². The van der Waals surface area contributed by atoms with Crippen LogP contribution < -0.4 is 5.32 Å². The van der Waals surface area contributed by atoms with Crippen molar-refractivity contribution in [3.8, 4) is 0 Å². The fraction of sp³-hybridized carbons (Fsp3) is 0.647. The van der Waals surface area contributed by atoms with Gasteiger partial charge >= 0.3 is 0 Å². The number of hydrogen-bond donors (Lipinski definition) is 1. The third kappa shape index (κ3) is 4.29. The molecular formula is C17H27FN2. The Morgan fingerprint density at radius 2 is 2.15 bits per heavy atom. The number of benzene rings is 1. The van der Waals surface area contributed by atoms with Gasteiger partial charge in [0.1, 0.15) is 5.82 Å². The highest BCUT2D eigenvalue weighted by molar-refractivity contribution is 5.26. The Labute approximate surface area is 122 Å². The molecule has 0 spiro atoms. The Hall–Kier alpha value is -0.930. The van der Waals surface area contributed by atoms with Gasteiger partial charge in [-0.1, -0.05) is 26.3 Å². The van der Waals surface area contributed by atoms with Gasteiger partial charge in [0.05, 0.1) is 0 Å². The van der Waals surface area contributed by atoms with Crippen molar-refractivity contribution in [1.29, 1.82) is 0 Å². The summed E-state index contributed by atoms with van der Waals surface area (Å²) in [6.45, 7) is 9.54. The smallest absolute Gasteiger partial charge is 0.123 e. The van der Waals surface area contributed by atoms with Crippen molar-refractivity contribution in [1.82, 2.24) is 10.2 Å². The molecule has 0 saturated carbocycles. The summed E-state index contributed by atoms with van der Waals surface area (Å²) in [4.78, 5) is 2.55. The highest BCUT2D eigenvalue weighted by Gasteiger charge is 2.22. The van der Waals surface area contributed by atoms with Crippen molar-refractivity contribution >= 4 is 0 Å². The Morgan fingerprint density at radius 3 is 2.85 bits per heavy atom. The molecule has 1 aliphatic rings. The fourth-order valence-corrected chi connectivity index (χ4v) is 2.93. The molecule has 2 rings (SSSR count). The van der Waals surface area contributed by atoms with Crippen LogP contribution in [0, 0.1) is 12.7 Å². The van der Waals surface area contributed by atoms with Crippen LogP contribution in [-0.2, 0) is 6.54 Å². The van der Waals surface area contributed by atoms with Crippen LogP contribution in [0.4, 0.5) is 4.39 Å². The van der Waals surface area contributed by atoms with E-state index in [1.54, 1.807) is 12.1 Å². The van der Waals surface area contributed by atoms with E-state index in [4.69, 9.17) is 0 Å². The molecule has 1 aromatic carbocycles. The van der Waals surface area contributed by atoms with Gasteiger partial charge in [-0.05, 0) is 49.6 Å². The number of nitrogens with one attached hydrogen (secondary N) is 1. The van der Waals surface area contributed by atoms with Gasteiger partial charge in [-0.2, -0.15) is 0 Å². The van der Waals surface area contributed by atoms with Crippen LogP contribution >= 0.6 is 0 Å². The fourth-order valence-electron chi connectivity index (χ4n) is 2.93. The molecule has 1 unspecified atom stereocenters. The first-order valence-electron chi connectivity index (χ1n) is 7.78. The first-order valence-corrected chi connectivity index (χ1v) is 7.78. The zero-order valence-corrected chi connectivity index (χ0v) is 13.0. The van der Waals surface area contributed by atoms with E-state index < -0.39 is 0 Å². The minimum absolute atomic E-state index is 0.136. The topological polar surface area (TPSA) is 15.3 Å². The zero-order chi connectivity index (χ0) is 14.5. The van der Waals surface area contributed by atoms with Crippen LogP contribution in [0.15, 0.2) is 18.2 Å². The SMILES string of the molecule is Cc1cc(F)ccc1CN1CCCCC1CNC(C)C. The van der Waals surface area contributed by atoms with Crippen LogP contribution in [0.25, 0.3) is 0 Å². The molecule has 20 heavy (non-hydrogen) atoms. The van der Waals surface area contributed by atoms with Crippen LogP contribution in [0.3, 0.4) is 0 Å². The Bertz CT molecular complexity index is 431. The van der Waals surface area contributed by atoms with Gasteiger partial charge in [0, 0.05) is 25.2 Å². The number of nitrogens with zero attached hydrogens (tertiary/aromatic N) is 1. The van der Waals surface area contributed by atoms with E-state index in [1.165, 1.54) is 24.8 Å². The molecule has 1 aliphatic heterocycles. The molecule has 1 fully saturated rings. The number of hydrogen-bond acceptors (Lipinski definition) is 2. The summed E-state index contributed by atoms with van der Waals surface area (Å²) in [6, 6.07) is 6.29. The van der Waals surface area contributed by atoms with Crippen LogP contribution in [0.5, 0.6) is 0 Å². The molecule has 1 saturated heterocycles. The molecule has 3 heteroatoms. The van der Waals surface area contributed by atoms with Crippen LogP contribution in [0.1, 0.15) is 44.2 Å². The molecule has 0 amide bonds. The number of likely N-dealkylation sites (tertiary alicyclic amines) is 1. The first-order chi connectivity index (χ1) is 9.56. The lowest BCUT2D eigenvalue weighted by Crippen LogP contribution is -2.46. The number of halogens is 1. The molecule has 1 aromatic rings.